The topological polar surface area (TPSA) is 118 Å². The third-order valence-electron chi connectivity index (χ3n) is 5.23. The number of rotatable bonds is 5. The molecule has 2 aromatic rings. The smallest absolute Gasteiger partial charge is 0.176 e. The van der Waals surface area contributed by atoms with Crippen LogP contribution < -0.4 is 0 Å². The fourth-order valence-electron chi connectivity index (χ4n) is 3.55. The van der Waals surface area contributed by atoms with Crippen molar-refractivity contribution >= 4 is 23.5 Å². The zero-order valence-corrected chi connectivity index (χ0v) is 17.4. The molecule has 176 valence electrons. The summed E-state index contributed by atoms with van der Waals surface area (Å²) in [5.41, 5.74) is -2.59. The highest BCUT2D eigenvalue weighted by molar-refractivity contribution is 7.99. The molecule has 5 atom stereocenters. The van der Waals surface area contributed by atoms with Crippen molar-refractivity contribution in [2.45, 2.75) is 34.7 Å². The van der Waals surface area contributed by atoms with E-state index in [0.717, 1.165) is 0 Å². The fourth-order valence-corrected chi connectivity index (χ4v) is 4.67. The molecule has 7 nitrogen and oxygen atoms in total. The minimum Gasteiger partial charge on any atom is -0.394 e. The number of ether oxygens (including phenoxy) is 1. The Hall–Kier alpha value is -2.48. The van der Waals surface area contributed by atoms with Gasteiger partial charge in [-0.1, -0.05) is 11.8 Å². The third-order valence-corrected chi connectivity index (χ3v) is 6.45. The van der Waals surface area contributed by atoms with E-state index in [-0.39, 0.29) is 28.7 Å². The van der Waals surface area contributed by atoms with Gasteiger partial charge < -0.3 is 30.1 Å². The number of thioether (sulfide) groups is 1. The number of H-pyrrole nitrogens is 1. The maximum atomic E-state index is 15.2. The molecular formula is C21H18F4N2O5S. The summed E-state index contributed by atoms with van der Waals surface area (Å²) in [6, 6.07) is 2.99. The first-order chi connectivity index (χ1) is 15.8. The van der Waals surface area contributed by atoms with Gasteiger partial charge in [0.25, 0.3) is 0 Å². The summed E-state index contributed by atoms with van der Waals surface area (Å²) in [5, 5.41) is 39.1. The van der Waals surface area contributed by atoms with Gasteiger partial charge in [-0.3, -0.25) is 4.99 Å². The van der Waals surface area contributed by atoms with Crippen molar-refractivity contribution in [1.82, 2.24) is 4.98 Å². The summed E-state index contributed by atoms with van der Waals surface area (Å²) in [7, 11) is 0. The Labute approximate surface area is 188 Å². The predicted molar refractivity (Wildman–Crippen MR) is 110 cm³/mol. The Morgan fingerprint density at radius 1 is 1.03 bits per heavy atom. The van der Waals surface area contributed by atoms with E-state index in [2.05, 4.69) is 9.98 Å². The molecule has 1 aromatic heterocycles. The van der Waals surface area contributed by atoms with Gasteiger partial charge in [-0.2, -0.15) is 0 Å². The Morgan fingerprint density at radius 2 is 1.73 bits per heavy atom. The summed E-state index contributed by atoms with van der Waals surface area (Å²) >= 11 is 0.0774. The van der Waals surface area contributed by atoms with E-state index in [9.17, 15) is 20.4 Å². The number of aromatic nitrogens is 1. The molecular weight excluding hydrogens is 468 g/mol. The molecule has 0 bridgehead atoms. The van der Waals surface area contributed by atoms with Gasteiger partial charge in [-0.15, -0.1) is 0 Å². The molecule has 2 aliphatic heterocycles. The van der Waals surface area contributed by atoms with Crippen molar-refractivity contribution in [3.8, 4) is 0 Å². The van der Waals surface area contributed by atoms with Gasteiger partial charge >= 0.3 is 0 Å². The number of aliphatic hydroxyl groups excluding tert-OH is 4. The first-order valence-electron chi connectivity index (χ1n) is 9.68. The Kier molecular flexibility index (Phi) is 6.75. The van der Waals surface area contributed by atoms with Gasteiger partial charge in [0, 0.05) is 23.7 Å². The first kappa shape index (κ1) is 23.7. The molecule has 0 radical (unpaired) electrons. The molecule has 3 heterocycles. The lowest BCUT2D eigenvalue weighted by Gasteiger charge is -2.39. The molecule has 5 N–H and O–H groups in total. The number of aliphatic hydroxyl groups is 4. The molecule has 2 unspecified atom stereocenters. The van der Waals surface area contributed by atoms with Crippen molar-refractivity contribution in [2.24, 2.45) is 4.99 Å². The Morgan fingerprint density at radius 3 is 2.27 bits per heavy atom. The quantitative estimate of drug-likeness (QED) is 0.325. The zero-order chi connectivity index (χ0) is 23.9. The lowest BCUT2D eigenvalue weighted by Crippen LogP contribution is -2.57. The van der Waals surface area contributed by atoms with Gasteiger partial charge in [0.05, 0.1) is 22.8 Å². The van der Waals surface area contributed by atoms with E-state index < -0.39 is 70.2 Å². The Balaban J connectivity index is 1.79. The standard InChI is InChI=1S/C21H18F4N2O5S/c22-13-12(11(8-3-1-5-26-8)9-4-2-6-27-9)14(23)16(25)20(15(13)24)33-21-19(31)18(30)17(29)10(7-28)32-21/h1-6,10,17-19,21,26,28-31H,7H2/b11-9+/t10?,17-,18-,19?,21-/m0/s1. The van der Waals surface area contributed by atoms with Crippen LogP contribution in [0.5, 0.6) is 0 Å². The highest BCUT2D eigenvalue weighted by atomic mass is 32.2. The van der Waals surface area contributed by atoms with E-state index in [0.29, 0.717) is 0 Å². The summed E-state index contributed by atoms with van der Waals surface area (Å²) in [5.74, 6) is -6.90. The minimum atomic E-state index is -1.87. The molecule has 1 aromatic carbocycles. The number of nitrogens with one attached hydrogen (secondary N) is 1. The number of aromatic amines is 1. The monoisotopic (exact) mass is 486 g/mol. The average molecular weight is 486 g/mol. The number of allylic oxidation sites excluding steroid dienone is 2. The van der Waals surface area contributed by atoms with Gasteiger partial charge in [-0.05, 0) is 24.3 Å². The van der Waals surface area contributed by atoms with E-state index in [1.165, 1.54) is 36.7 Å². The second-order valence-corrected chi connectivity index (χ2v) is 8.37. The zero-order valence-electron chi connectivity index (χ0n) is 16.6. The number of aliphatic imine (C=N–C) groups is 1. The summed E-state index contributed by atoms with van der Waals surface area (Å²) in [6.07, 6.45) is -1.05. The Bertz CT molecular complexity index is 1090. The van der Waals surface area contributed by atoms with Gasteiger partial charge in [0.1, 0.15) is 29.9 Å². The van der Waals surface area contributed by atoms with Crippen LogP contribution in [0.1, 0.15) is 11.3 Å². The van der Waals surface area contributed by atoms with Crippen molar-refractivity contribution < 1.29 is 42.7 Å². The maximum absolute atomic E-state index is 15.2. The molecule has 0 aliphatic carbocycles. The second kappa shape index (κ2) is 9.41. The molecule has 1 fully saturated rings. The van der Waals surface area contributed by atoms with Crippen LogP contribution in [0.2, 0.25) is 0 Å². The summed E-state index contributed by atoms with van der Waals surface area (Å²) in [4.78, 5) is 5.58. The molecule has 1 saturated heterocycles. The van der Waals surface area contributed by atoms with Crippen LogP contribution in [-0.4, -0.2) is 68.1 Å². The van der Waals surface area contributed by atoms with Crippen LogP contribution in [-0.2, 0) is 4.74 Å². The third kappa shape index (κ3) is 4.14. The van der Waals surface area contributed by atoms with Crippen molar-refractivity contribution in [3.63, 3.8) is 0 Å². The number of halogens is 4. The molecule has 2 aliphatic rings. The molecule has 33 heavy (non-hydrogen) atoms. The van der Waals surface area contributed by atoms with E-state index >= 15 is 17.6 Å². The lowest BCUT2D eigenvalue weighted by atomic mass is 9.98. The van der Waals surface area contributed by atoms with Gasteiger partial charge in [0.15, 0.2) is 23.3 Å². The van der Waals surface area contributed by atoms with E-state index in [4.69, 9.17) is 4.74 Å². The highest BCUT2D eigenvalue weighted by Crippen LogP contribution is 2.41. The number of benzene rings is 1. The van der Waals surface area contributed by atoms with Crippen molar-refractivity contribution in [2.75, 3.05) is 6.61 Å². The second-order valence-electron chi connectivity index (χ2n) is 7.26. The van der Waals surface area contributed by atoms with Crippen LogP contribution in [0.15, 0.2) is 46.1 Å². The number of nitrogens with zero attached hydrogens (tertiary/aromatic N) is 1. The lowest BCUT2D eigenvalue weighted by molar-refractivity contribution is -0.205. The van der Waals surface area contributed by atoms with Gasteiger partial charge in [-0.25, -0.2) is 17.6 Å². The number of hydrogen-bond acceptors (Lipinski definition) is 7. The molecule has 0 spiro atoms. The van der Waals surface area contributed by atoms with Crippen LogP contribution in [0.3, 0.4) is 0 Å². The van der Waals surface area contributed by atoms with Crippen molar-refractivity contribution in [3.05, 3.63) is 70.7 Å². The normalized spacial score (nSPS) is 28.5. The van der Waals surface area contributed by atoms with Crippen LogP contribution >= 0.6 is 11.8 Å². The first-order valence-corrected chi connectivity index (χ1v) is 10.6. The van der Waals surface area contributed by atoms with E-state index in [1.54, 1.807) is 0 Å². The summed E-state index contributed by atoms with van der Waals surface area (Å²) in [6.45, 7) is -0.782. The van der Waals surface area contributed by atoms with E-state index in [1.807, 2.05) is 0 Å². The predicted octanol–water partition coefficient (Wildman–Crippen LogP) is 1.86. The van der Waals surface area contributed by atoms with Crippen LogP contribution in [0.4, 0.5) is 17.6 Å². The SMILES string of the molecule is OCC1O[C@@H](Sc2c(F)c(F)c(/C(=C3\C=CC=N3)c3ccc[nH]3)c(F)c2F)C(O)[C@@H](O)[C@H]1O. The maximum Gasteiger partial charge on any atom is 0.176 e. The fraction of sp³-hybridized carbons (Fsp3) is 0.286. The largest absolute Gasteiger partial charge is 0.394 e. The van der Waals surface area contributed by atoms with Crippen LogP contribution in [0, 0.1) is 23.3 Å². The van der Waals surface area contributed by atoms with Crippen molar-refractivity contribution in [1.29, 1.82) is 0 Å². The summed E-state index contributed by atoms with van der Waals surface area (Å²) < 4.78 is 65.6. The molecule has 0 amide bonds. The minimum absolute atomic E-state index is 0.0726. The highest BCUT2D eigenvalue weighted by Gasteiger charge is 2.45. The molecule has 12 heteroatoms. The van der Waals surface area contributed by atoms with Gasteiger partial charge in [0.2, 0.25) is 0 Å². The molecule has 4 rings (SSSR count). The average Bonchev–Trinajstić information content (AvgIpc) is 3.53. The molecule has 0 saturated carbocycles. The van der Waals surface area contributed by atoms with Crippen LogP contribution in [0.25, 0.3) is 5.57 Å². The number of hydrogen-bond donors (Lipinski definition) is 5.